The number of hydrogen-bond acceptors (Lipinski definition) is 2. The molecule has 0 spiro atoms. The summed E-state index contributed by atoms with van der Waals surface area (Å²) in [6.45, 7) is 2.01. The number of fused-ring (bicyclic) bond motifs is 1. The summed E-state index contributed by atoms with van der Waals surface area (Å²) in [6, 6.07) is 1.93. The van der Waals surface area contributed by atoms with Gasteiger partial charge in [-0.3, -0.25) is 0 Å². The highest BCUT2D eigenvalue weighted by Crippen LogP contribution is 2.18. The van der Waals surface area contributed by atoms with E-state index >= 15 is 0 Å². The van der Waals surface area contributed by atoms with E-state index in [1.165, 1.54) is 0 Å². The first-order valence-electron chi connectivity index (χ1n) is 3.78. The molecule has 0 unspecified atom stereocenters. The molecule has 0 amide bonds. The number of aryl methyl sites for hydroxylation is 1. The fourth-order valence-corrected chi connectivity index (χ4v) is 1.27. The summed E-state index contributed by atoms with van der Waals surface area (Å²) in [5, 5.41) is 0. The van der Waals surface area contributed by atoms with Crippen LogP contribution in [0, 0.1) is 6.92 Å². The van der Waals surface area contributed by atoms with Crippen molar-refractivity contribution in [3.8, 4) is 5.75 Å². The standard InChI is InChI=1S/C9H10N2O/c1-7-6-11-4-3-10-9(11)5-8(7)12-2/h3-6H,1-2H3. The minimum absolute atomic E-state index is 0.883. The number of pyridine rings is 1. The third-order valence-electron chi connectivity index (χ3n) is 1.90. The molecule has 62 valence electrons. The van der Waals surface area contributed by atoms with Crippen LogP contribution >= 0.6 is 0 Å². The molecule has 0 saturated heterocycles. The van der Waals surface area contributed by atoms with E-state index < -0.39 is 0 Å². The number of imidazole rings is 1. The highest BCUT2D eigenvalue weighted by atomic mass is 16.5. The molecule has 2 rings (SSSR count). The van der Waals surface area contributed by atoms with Gasteiger partial charge in [0.25, 0.3) is 0 Å². The SMILES string of the molecule is COc1cc2nccn2cc1C. The predicted molar refractivity (Wildman–Crippen MR) is 46.5 cm³/mol. The molecule has 0 aliphatic heterocycles. The summed E-state index contributed by atoms with van der Waals surface area (Å²) in [5.74, 6) is 0.883. The molecule has 0 aliphatic carbocycles. The van der Waals surface area contributed by atoms with Crippen LogP contribution in [0.25, 0.3) is 5.65 Å². The highest BCUT2D eigenvalue weighted by molar-refractivity contribution is 5.47. The Morgan fingerprint density at radius 1 is 1.50 bits per heavy atom. The average molecular weight is 162 g/mol. The summed E-state index contributed by atoms with van der Waals surface area (Å²) in [5.41, 5.74) is 2.03. The Morgan fingerprint density at radius 2 is 2.33 bits per heavy atom. The van der Waals surface area contributed by atoms with E-state index in [1.807, 2.05) is 29.8 Å². The van der Waals surface area contributed by atoms with Crippen LogP contribution in [0.15, 0.2) is 24.7 Å². The van der Waals surface area contributed by atoms with Crippen LogP contribution in [-0.4, -0.2) is 16.5 Å². The molecule has 0 N–H and O–H groups in total. The Labute approximate surface area is 70.6 Å². The average Bonchev–Trinajstić information content (AvgIpc) is 2.49. The van der Waals surface area contributed by atoms with Crippen LogP contribution in [0.5, 0.6) is 5.75 Å². The van der Waals surface area contributed by atoms with Gasteiger partial charge in [0.15, 0.2) is 0 Å². The first-order valence-corrected chi connectivity index (χ1v) is 3.78. The molecule has 0 fully saturated rings. The lowest BCUT2D eigenvalue weighted by Crippen LogP contribution is -1.91. The first kappa shape index (κ1) is 7.16. The number of ether oxygens (including phenoxy) is 1. The largest absolute Gasteiger partial charge is 0.496 e. The Bertz CT molecular complexity index is 406. The quantitative estimate of drug-likeness (QED) is 0.637. The third kappa shape index (κ3) is 0.942. The Morgan fingerprint density at radius 3 is 3.08 bits per heavy atom. The molecule has 2 aromatic rings. The van der Waals surface area contributed by atoms with Gasteiger partial charge in [-0.25, -0.2) is 4.98 Å². The van der Waals surface area contributed by atoms with E-state index in [9.17, 15) is 0 Å². The van der Waals surface area contributed by atoms with E-state index in [2.05, 4.69) is 4.98 Å². The molecule has 0 aliphatic rings. The van der Waals surface area contributed by atoms with Gasteiger partial charge in [0, 0.05) is 30.2 Å². The van der Waals surface area contributed by atoms with Crippen LogP contribution in [0.2, 0.25) is 0 Å². The fourth-order valence-electron chi connectivity index (χ4n) is 1.27. The molecule has 3 nitrogen and oxygen atoms in total. The second-order valence-electron chi connectivity index (χ2n) is 2.72. The molecule has 2 aromatic heterocycles. The highest BCUT2D eigenvalue weighted by Gasteiger charge is 2.00. The van der Waals surface area contributed by atoms with Gasteiger partial charge < -0.3 is 9.14 Å². The zero-order valence-electron chi connectivity index (χ0n) is 7.11. The maximum Gasteiger partial charge on any atom is 0.140 e. The van der Waals surface area contributed by atoms with E-state index in [-0.39, 0.29) is 0 Å². The Hall–Kier alpha value is -1.51. The number of methoxy groups -OCH3 is 1. The maximum absolute atomic E-state index is 5.17. The van der Waals surface area contributed by atoms with Crippen molar-refractivity contribution in [3.63, 3.8) is 0 Å². The number of aromatic nitrogens is 2. The number of rotatable bonds is 1. The lowest BCUT2D eigenvalue weighted by atomic mass is 10.3. The first-order chi connectivity index (χ1) is 5.81. The van der Waals surface area contributed by atoms with Crippen molar-refractivity contribution in [3.05, 3.63) is 30.2 Å². The van der Waals surface area contributed by atoms with Crippen molar-refractivity contribution in [1.29, 1.82) is 0 Å². The van der Waals surface area contributed by atoms with Crippen molar-refractivity contribution < 1.29 is 4.74 Å². The minimum atomic E-state index is 0.883. The van der Waals surface area contributed by atoms with Crippen molar-refractivity contribution in [2.45, 2.75) is 6.92 Å². The van der Waals surface area contributed by atoms with Crippen molar-refractivity contribution in [2.75, 3.05) is 7.11 Å². The molecule has 0 radical (unpaired) electrons. The molecular weight excluding hydrogens is 152 g/mol. The van der Waals surface area contributed by atoms with E-state index in [0.717, 1.165) is 17.0 Å². The van der Waals surface area contributed by atoms with Gasteiger partial charge in [0.2, 0.25) is 0 Å². The summed E-state index contributed by atoms with van der Waals surface area (Å²) in [7, 11) is 1.67. The molecule has 0 bridgehead atoms. The van der Waals surface area contributed by atoms with E-state index in [4.69, 9.17) is 4.74 Å². The van der Waals surface area contributed by atoms with Gasteiger partial charge in [-0.05, 0) is 6.92 Å². The lowest BCUT2D eigenvalue weighted by Gasteiger charge is -2.04. The zero-order valence-corrected chi connectivity index (χ0v) is 7.11. The normalized spacial score (nSPS) is 10.5. The van der Waals surface area contributed by atoms with Crippen LogP contribution in [0.4, 0.5) is 0 Å². The van der Waals surface area contributed by atoms with Gasteiger partial charge in [0.05, 0.1) is 7.11 Å². The predicted octanol–water partition coefficient (Wildman–Crippen LogP) is 1.65. The second kappa shape index (κ2) is 2.52. The fraction of sp³-hybridized carbons (Fsp3) is 0.222. The zero-order chi connectivity index (χ0) is 8.55. The van der Waals surface area contributed by atoms with Crippen LogP contribution in [0.1, 0.15) is 5.56 Å². The van der Waals surface area contributed by atoms with Gasteiger partial charge in [-0.2, -0.15) is 0 Å². The molecule has 0 atom stereocenters. The molecule has 3 heteroatoms. The van der Waals surface area contributed by atoms with Crippen molar-refractivity contribution >= 4 is 5.65 Å². The second-order valence-corrected chi connectivity index (χ2v) is 2.72. The van der Waals surface area contributed by atoms with Crippen molar-refractivity contribution in [2.24, 2.45) is 0 Å². The van der Waals surface area contributed by atoms with E-state index in [1.54, 1.807) is 13.3 Å². The number of hydrogen-bond donors (Lipinski definition) is 0. The van der Waals surface area contributed by atoms with Gasteiger partial charge in [0.1, 0.15) is 11.4 Å². The molecule has 0 aromatic carbocycles. The monoisotopic (exact) mass is 162 g/mol. The van der Waals surface area contributed by atoms with Crippen molar-refractivity contribution in [1.82, 2.24) is 9.38 Å². The maximum atomic E-state index is 5.17. The van der Waals surface area contributed by atoms with Gasteiger partial charge in [-0.15, -0.1) is 0 Å². The topological polar surface area (TPSA) is 26.5 Å². The lowest BCUT2D eigenvalue weighted by molar-refractivity contribution is 0.411. The summed E-state index contributed by atoms with van der Waals surface area (Å²) in [4.78, 5) is 4.15. The van der Waals surface area contributed by atoms with Crippen LogP contribution < -0.4 is 4.74 Å². The molecular formula is C9H10N2O. The molecule has 2 heterocycles. The Kier molecular flexibility index (Phi) is 1.50. The van der Waals surface area contributed by atoms with Crippen LogP contribution in [-0.2, 0) is 0 Å². The minimum Gasteiger partial charge on any atom is -0.496 e. The molecule has 0 saturated carbocycles. The number of nitrogens with zero attached hydrogens (tertiary/aromatic N) is 2. The summed E-state index contributed by atoms with van der Waals surface area (Å²) >= 11 is 0. The summed E-state index contributed by atoms with van der Waals surface area (Å²) in [6.07, 6.45) is 5.69. The Balaban J connectivity index is 2.73. The van der Waals surface area contributed by atoms with Gasteiger partial charge in [-0.1, -0.05) is 0 Å². The smallest absolute Gasteiger partial charge is 0.140 e. The summed E-state index contributed by atoms with van der Waals surface area (Å²) < 4.78 is 7.14. The van der Waals surface area contributed by atoms with Gasteiger partial charge >= 0.3 is 0 Å². The van der Waals surface area contributed by atoms with Crippen LogP contribution in [0.3, 0.4) is 0 Å². The molecule has 12 heavy (non-hydrogen) atoms. The van der Waals surface area contributed by atoms with E-state index in [0.29, 0.717) is 0 Å². The third-order valence-corrected chi connectivity index (χ3v) is 1.90.